The third-order valence-corrected chi connectivity index (χ3v) is 2.49. The summed E-state index contributed by atoms with van der Waals surface area (Å²) in [5, 5.41) is 8.71. The van der Waals surface area contributed by atoms with E-state index in [4.69, 9.17) is 5.26 Å². The van der Waals surface area contributed by atoms with Crippen LogP contribution in [0, 0.1) is 28.9 Å². The fraction of sp³-hybridized carbons (Fsp3) is 0.385. The summed E-state index contributed by atoms with van der Waals surface area (Å²) in [5.41, 5.74) is -0.0421. The number of nitriles is 1. The average Bonchev–Trinajstić information content (AvgIpc) is 2.33. The minimum atomic E-state index is -0.789. The molecule has 0 radical (unpaired) electrons. The highest BCUT2D eigenvalue weighted by Crippen LogP contribution is 2.12. The smallest absolute Gasteiger partial charge is 0.254 e. The van der Waals surface area contributed by atoms with Crippen molar-refractivity contribution >= 4 is 5.91 Å². The Morgan fingerprint density at radius 2 is 1.94 bits per heavy atom. The van der Waals surface area contributed by atoms with Gasteiger partial charge in [-0.15, -0.1) is 0 Å². The fourth-order valence-electron chi connectivity index (χ4n) is 1.59. The second kappa shape index (κ2) is 6.10. The first-order chi connectivity index (χ1) is 8.47. The lowest BCUT2D eigenvalue weighted by atomic mass is 10.1. The van der Waals surface area contributed by atoms with Gasteiger partial charge in [-0.1, -0.05) is 0 Å². The molecule has 0 N–H and O–H groups in total. The summed E-state index contributed by atoms with van der Waals surface area (Å²) in [6, 6.07) is 4.71. The van der Waals surface area contributed by atoms with Crippen molar-refractivity contribution in [3.05, 3.63) is 35.4 Å². The second-order valence-corrected chi connectivity index (χ2v) is 4.03. The third-order valence-electron chi connectivity index (χ3n) is 2.49. The molecule has 0 aliphatic carbocycles. The zero-order valence-corrected chi connectivity index (χ0v) is 10.3. The molecule has 18 heavy (non-hydrogen) atoms. The highest BCUT2D eigenvalue weighted by atomic mass is 19.1. The Hall–Kier alpha value is -1.96. The number of amides is 1. The normalized spacial score (nSPS) is 11.7. The predicted octanol–water partition coefficient (Wildman–Crippen LogP) is 2.59. The van der Waals surface area contributed by atoms with Crippen molar-refractivity contribution in [2.75, 3.05) is 13.1 Å². The quantitative estimate of drug-likeness (QED) is 0.826. The molecule has 1 amide bonds. The van der Waals surface area contributed by atoms with Crippen LogP contribution in [0.4, 0.5) is 8.78 Å². The fourth-order valence-corrected chi connectivity index (χ4v) is 1.59. The molecular weight excluding hydrogens is 238 g/mol. The van der Waals surface area contributed by atoms with E-state index in [2.05, 4.69) is 0 Å². The SMILES string of the molecule is CCN(CC(C)C#N)C(=O)c1cc(F)cc(F)c1. The molecule has 1 rings (SSSR count). The summed E-state index contributed by atoms with van der Waals surface area (Å²) in [5.74, 6) is -2.38. The molecule has 0 aliphatic heterocycles. The monoisotopic (exact) mass is 252 g/mol. The molecule has 3 nitrogen and oxygen atoms in total. The van der Waals surface area contributed by atoms with Gasteiger partial charge in [-0.25, -0.2) is 8.78 Å². The van der Waals surface area contributed by atoms with Gasteiger partial charge in [0.2, 0.25) is 0 Å². The van der Waals surface area contributed by atoms with E-state index >= 15 is 0 Å². The lowest BCUT2D eigenvalue weighted by molar-refractivity contribution is 0.0751. The number of halogens is 2. The maximum atomic E-state index is 13.0. The van der Waals surface area contributed by atoms with Crippen molar-refractivity contribution in [1.29, 1.82) is 5.26 Å². The molecular formula is C13H14F2N2O. The molecule has 1 aromatic rings. The Kier molecular flexibility index (Phi) is 4.78. The molecule has 0 fully saturated rings. The van der Waals surface area contributed by atoms with E-state index in [0.717, 1.165) is 12.1 Å². The zero-order valence-electron chi connectivity index (χ0n) is 10.3. The molecule has 1 aromatic carbocycles. The van der Waals surface area contributed by atoms with Gasteiger partial charge < -0.3 is 4.90 Å². The van der Waals surface area contributed by atoms with Crippen molar-refractivity contribution in [3.8, 4) is 6.07 Å². The second-order valence-electron chi connectivity index (χ2n) is 4.03. The van der Waals surface area contributed by atoms with Gasteiger partial charge >= 0.3 is 0 Å². The topological polar surface area (TPSA) is 44.1 Å². The summed E-state index contributed by atoms with van der Waals surface area (Å²) in [4.78, 5) is 13.4. The molecule has 0 bridgehead atoms. The number of nitrogens with zero attached hydrogens (tertiary/aromatic N) is 2. The molecule has 1 atom stereocenters. The molecule has 96 valence electrons. The van der Waals surface area contributed by atoms with E-state index in [1.54, 1.807) is 13.8 Å². The molecule has 0 heterocycles. The Balaban J connectivity index is 2.93. The van der Waals surface area contributed by atoms with Crippen molar-refractivity contribution < 1.29 is 13.6 Å². The van der Waals surface area contributed by atoms with Crippen LogP contribution < -0.4 is 0 Å². The average molecular weight is 252 g/mol. The first-order valence-corrected chi connectivity index (χ1v) is 5.63. The van der Waals surface area contributed by atoms with Crippen molar-refractivity contribution in [1.82, 2.24) is 4.90 Å². The number of benzene rings is 1. The molecule has 0 saturated carbocycles. The maximum absolute atomic E-state index is 13.0. The van der Waals surface area contributed by atoms with Gasteiger partial charge in [0, 0.05) is 24.7 Å². The van der Waals surface area contributed by atoms with Crippen LogP contribution in [0.1, 0.15) is 24.2 Å². The van der Waals surface area contributed by atoms with E-state index in [0.29, 0.717) is 12.6 Å². The van der Waals surface area contributed by atoms with Gasteiger partial charge in [-0.2, -0.15) is 5.26 Å². The summed E-state index contributed by atoms with van der Waals surface area (Å²) >= 11 is 0. The summed E-state index contributed by atoms with van der Waals surface area (Å²) in [6.45, 7) is 4.05. The van der Waals surface area contributed by atoms with E-state index in [-0.39, 0.29) is 18.0 Å². The maximum Gasteiger partial charge on any atom is 0.254 e. The predicted molar refractivity (Wildman–Crippen MR) is 62.7 cm³/mol. The standard InChI is InChI=1S/C13H14F2N2O/c1-3-17(8-9(2)7-16)13(18)10-4-11(14)6-12(15)5-10/h4-6,9H,3,8H2,1-2H3. The Morgan fingerprint density at radius 3 is 2.39 bits per heavy atom. The third kappa shape index (κ3) is 3.52. The van der Waals surface area contributed by atoms with Crippen molar-refractivity contribution in [2.45, 2.75) is 13.8 Å². The molecule has 0 aliphatic rings. The zero-order chi connectivity index (χ0) is 13.7. The van der Waals surface area contributed by atoms with Crippen LogP contribution in [0.2, 0.25) is 0 Å². The number of rotatable bonds is 4. The molecule has 0 saturated heterocycles. The van der Waals surface area contributed by atoms with Crippen LogP contribution in [0.5, 0.6) is 0 Å². The highest BCUT2D eigenvalue weighted by molar-refractivity contribution is 5.94. The van der Waals surface area contributed by atoms with Crippen LogP contribution in [0.15, 0.2) is 18.2 Å². The lowest BCUT2D eigenvalue weighted by Crippen LogP contribution is -2.34. The summed E-state index contributed by atoms with van der Waals surface area (Å²) in [7, 11) is 0. The minimum absolute atomic E-state index is 0.0421. The van der Waals surface area contributed by atoms with Crippen molar-refractivity contribution in [2.24, 2.45) is 5.92 Å². The van der Waals surface area contributed by atoms with E-state index in [1.165, 1.54) is 4.90 Å². The molecule has 1 unspecified atom stereocenters. The van der Waals surface area contributed by atoms with Gasteiger partial charge in [0.1, 0.15) is 11.6 Å². The van der Waals surface area contributed by atoms with Gasteiger partial charge in [0.25, 0.3) is 5.91 Å². The molecule has 0 aromatic heterocycles. The number of hydrogen-bond acceptors (Lipinski definition) is 2. The highest BCUT2D eigenvalue weighted by Gasteiger charge is 2.18. The van der Waals surface area contributed by atoms with E-state index in [9.17, 15) is 13.6 Å². The van der Waals surface area contributed by atoms with Gasteiger partial charge in [0.05, 0.1) is 12.0 Å². The lowest BCUT2D eigenvalue weighted by Gasteiger charge is -2.22. The van der Waals surface area contributed by atoms with Crippen LogP contribution in [0.3, 0.4) is 0 Å². The van der Waals surface area contributed by atoms with Crippen LogP contribution in [0.25, 0.3) is 0 Å². The Morgan fingerprint density at radius 1 is 1.39 bits per heavy atom. The minimum Gasteiger partial charge on any atom is -0.338 e. The Labute approximate surface area is 105 Å². The first-order valence-electron chi connectivity index (χ1n) is 5.63. The Bertz CT molecular complexity index is 462. The molecule has 5 heteroatoms. The van der Waals surface area contributed by atoms with Gasteiger partial charge in [0.15, 0.2) is 0 Å². The number of hydrogen-bond donors (Lipinski definition) is 0. The van der Waals surface area contributed by atoms with Gasteiger partial charge in [-0.05, 0) is 26.0 Å². The molecule has 0 spiro atoms. The first kappa shape index (κ1) is 14.1. The van der Waals surface area contributed by atoms with E-state index < -0.39 is 17.5 Å². The van der Waals surface area contributed by atoms with Gasteiger partial charge in [-0.3, -0.25) is 4.79 Å². The summed E-state index contributed by atoms with van der Waals surface area (Å²) < 4.78 is 26.0. The number of carbonyl (C=O) groups is 1. The largest absolute Gasteiger partial charge is 0.338 e. The van der Waals surface area contributed by atoms with Crippen LogP contribution in [-0.4, -0.2) is 23.9 Å². The number of carbonyl (C=O) groups excluding carboxylic acids is 1. The van der Waals surface area contributed by atoms with Crippen molar-refractivity contribution in [3.63, 3.8) is 0 Å². The summed E-state index contributed by atoms with van der Waals surface area (Å²) in [6.07, 6.45) is 0. The van der Waals surface area contributed by atoms with Crippen LogP contribution in [-0.2, 0) is 0 Å². The van der Waals surface area contributed by atoms with E-state index in [1.807, 2.05) is 6.07 Å². The van der Waals surface area contributed by atoms with Crippen LogP contribution >= 0.6 is 0 Å².